The molecule has 1 atom stereocenters. The third-order valence-corrected chi connectivity index (χ3v) is 4.40. The van der Waals surface area contributed by atoms with Gasteiger partial charge in [-0.1, -0.05) is 25.1 Å². The van der Waals surface area contributed by atoms with Crippen molar-refractivity contribution in [2.45, 2.75) is 44.9 Å². The fourth-order valence-corrected chi connectivity index (χ4v) is 3.07. The minimum absolute atomic E-state index is 0.0186. The first-order valence-electron chi connectivity index (χ1n) is 8.80. The Labute approximate surface area is 154 Å². The number of nitrogens with one attached hydrogen (secondary N) is 1. The lowest BCUT2D eigenvalue weighted by Gasteiger charge is -2.14. The van der Waals surface area contributed by atoms with Crippen molar-refractivity contribution in [3.8, 4) is 5.69 Å². The van der Waals surface area contributed by atoms with Crippen molar-refractivity contribution in [3.63, 3.8) is 0 Å². The van der Waals surface area contributed by atoms with Gasteiger partial charge in [0.25, 0.3) is 5.91 Å². The Hall–Kier alpha value is -2.42. The molecule has 146 valence electrons. The van der Waals surface area contributed by atoms with Gasteiger partial charge >= 0.3 is 6.18 Å². The summed E-state index contributed by atoms with van der Waals surface area (Å²) in [7, 11) is 0. The van der Waals surface area contributed by atoms with Crippen molar-refractivity contribution in [1.82, 2.24) is 20.3 Å². The molecule has 1 aromatic carbocycles. The number of aromatic nitrogens is 3. The van der Waals surface area contributed by atoms with Crippen LogP contribution in [0, 0.1) is 0 Å². The van der Waals surface area contributed by atoms with Crippen LogP contribution in [0.25, 0.3) is 5.69 Å². The number of hydrogen-bond donors (Lipinski definition) is 1. The van der Waals surface area contributed by atoms with Crippen LogP contribution < -0.4 is 5.32 Å². The van der Waals surface area contributed by atoms with Gasteiger partial charge in [-0.15, -0.1) is 5.10 Å². The van der Waals surface area contributed by atoms with E-state index in [1.807, 2.05) is 13.8 Å². The summed E-state index contributed by atoms with van der Waals surface area (Å²) in [6.07, 6.45) is -2.64. The van der Waals surface area contributed by atoms with Crippen LogP contribution in [0.3, 0.4) is 0 Å². The van der Waals surface area contributed by atoms with Gasteiger partial charge in [0.05, 0.1) is 23.0 Å². The van der Waals surface area contributed by atoms with Crippen LogP contribution in [0.4, 0.5) is 13.2 Å². The van der Waals surface area contributed by atoms with E-state index in [1.54, 1.807) is 0 Å². The molecule has 6 nitrogen and oxygen atoms in total. The first kappa shape index (κ1) is 19.3. The van der Waals surface area contributed by atoms with Gasteiger partial charge < -0.3 is 10.1 Å². The van der Waals surface area contributed by atoms with Gasteiger partial charge in [-0.25, -0.2) is 4.68 Å². The molecule has 1 aliphatic heterocycles. The van der Waals surface area contributed by atoms with Gasteiger partial charge in [0.1, 0.15) is 0 Å². The molecule has 2 aromatic rings. The maximum Gasteiger partial charge on any atom is 0.416 e. The Morgan fingerprint density at radius 3 is 2.81 bits per heavy atom. The SMILES string of the molecule is CC(C)c1c(C(=O)NCC2CCCO2)nnn1-c1cccc(C(F)(F)F)c1. The molecular formula is C18H21F3N4O2. The van der Waals surface area contributed by atoms with Crippen molar-refractivity contribution in [2.75, 3.05) is 13.2 Å². The second-order valence-corrected chi connectivity index (χ2v) is 6.78. The number of ether oxygens (including phenoxy) is 1. The highest BCUT2D eigenvalue weighted by atomic mass is 19.4. The summed E-state index contributed by atoms with van der Waals surface area (Å²) in [5.74, 6) is -0.578. The maximum atomic E-state index is 13.0. The fraction of sp³-hybridized carbons (Fsp3) is 0.500. The summed E-state index contributed by atoms with van der Waals surface area (Å²) in [5, 5.41) is 10.6. The van der Waals surface area contributed by atoms with Crippen molar-refractivity contribution < 1.29 is 22.7 Å². The Morgan fingerprint density at radius 1 is 1.41 bits per heavy atom. The lowest BCUT2D eigenvalue weighted by Crippen LogP contribution is -2.32. The lowest BCUT2D eigenvalue weighted by molar-refractivity contribution is -0.137. The Kier molecular flexibility index (Phi) is 5.50. The summed E-state index contributed by atoms with van der Waals surface area (Å²) < 4.78 is 45.8. The van der Waals surface area contributed by atoms with Crippen LogP contribution in [0.2, 0.25) is 0 Å². The molecule has 1 saturated heterocycles. The predicted octanol–water partition coefficient (Wildman–Crippen LogP) is 3.32. The first-order valence-corrected chi connectivity index (χ1v) is 8.80. The van der Waals surface area contributed by atoms with Crippen LogP contribution in [-0.2, 0) is 10.9 Å². The van der Waals surface area contributed by atoms with Gasteiger partial charge in [0, 0.05) is 13.2 Å². The van der Waals surface area contributed by atoms with E-state index in [0.29, 0.717) is 18.8 Å². The minimum Gasteiger partial charge on any atom is -0.376 e. The summed E-state index contributed by atoms with van der Waals surface area (Å²) in [6.45, 7) is 4.72. The van der Waals surface area contributed by atoms with E-state index in [0.717, 1.165) is 25.0 Å². The molecule has 1 N–H and O–H groups in total. The third kappa shape index (κ3) is 4.29. The van der Waals surface area contributed by atoms with Crippen molar-refractivity contribution in [3.05, 3.63) is 41.2 Å². The average Bonchev–Trinajstić information content (AvgIpc) is 3.28. The molecular weight excluding hydrogens is 361 g/mol. The molecule has 1 fully saturated rings. The van der Waals surface area contributed by atoms with Crippen LogP contribution in [0.1, 0.15) is 54.4 Å². The molecule has 3 rings (SSSR count). The van der Waals surface area contributed by atoms with Gasteiger partial charge in [-0.3, -0.25) is 4.79 Å². The Balaban J connectivity index is 1.88. The van der Waals surface area contributed by atoms with E-state index in [9.17, 15) is 18.0 Å². The largest absolute Gasteiger partial charge is 0.416 e. The smallest absolute Gasteiger partial charge is 0.376 e. The van der Waals surface area contributed by atoms with Gasteiger partial charge in [0.2, 0.25) is 0 Å². The zero-order chi connectivity index (χ0) is 19.6. The van der Waals surface area contributed by atoms with Crippen LogP contribution in [-0.4, -0.2) is 40.2 Å². The number of carbonyl (C=O) groups excluding carboxylic acids is 1. The fourth-order valence-electron chi connectivity index (χ4n) is 3.07. The average molecular weight is 382 g/mol. The standard InChI is InChI=1S/C18H21F3N4O2/c1-11(2)16-15(17(26)22-10-14-7-4-8-27-14)23-24-25(16)13-6-3-5-12(9-13)18(19,20)21/h3,5-6,9,11,14H,4,7-8,10H2,1-2H3,(H,22,26). The van der Waals surface area contributed by atoms with Crippen LogP contribution in [0.15, 0.2) is 24.3 Å². The number of alkyl halides is 3. The van der Waals surface area contributed by atoms with Crippen molar-refractivity contribution in [2.24, 2.45) is 0 Å². The molecule has 0 saturated carbocycles. The molecule has 0 bridgehead atoms. The molecule has 9 heteroatoms. The summed E-state index contributed by atoms with van der Waals surface area (Å²) in [4.78, 5) is 12.5. The summed E-state index contributed by atoms with van der Waals surface area (Å²) in [6, 6.07) is 4.80. The zero-order valence-electron chi connectivity index (χ0n) is 15.1. The predicted molar refractivity (Wildman–Crippen MR) is 91.8 cm³/mol. The minimum atomic E-state index is -4.46. The zero-order valence-corrected chi connectivity index (χ0v) is 15.1. The van der Waals surface area contributed by atoms with Gasteiger partial charge in [-0.2, -0.15) is 13.2 Å². The summed E-state index contributed by atoms with van der Waals surface area (Å²) in [5.41, 5.74) is -0.00614. The highest BCUT2D eigenvalue weighted by molar-refractivity contribution is 5.93. The summed E-state index contributed by atoms with van der Waals surface area (Å²) >= 11 is 0. The number of halogens is 3. The second-order valence-electron chi connectivity index (χ2n) is 6.78. The number of amides is 1. The Bertz CT molecular complexity index is 811. The lowest BCUT2D eigenvalue weighted by atomic mass is 10.1. The van der Waals surface area contributed by atoms with E-state index >= 15 is 0 Å². The second kappa shape index (κ2) is 7.67. The van der Waals surface area contributed by atoms with Crippen LogP contribution in [0.5, 0.6) is 0 Å². The van der Waals surface area contributed by atoms with Crippen molar-refractivity contribution in [1.29, 1.82) is 0 Å². The number of nitrogens with zero attached hydrogens (tertiary/aromatic N) is 3. The topological polar surface area (TPSA) is 69.0 Å². The molecule has 27 heavy (non-hydrogen) atoms. The first-order chi connectivity index (χ1) is 12.8. The van der Waals surface area contributed by atoms with E-state index in [-0.39, 0.29) is 23.4 Å². The van der Waals surface area contributed by atoms with Gasteiger partial charge in [-0.05, 0) is 37.0 Å². The molecule has 0 radical (unpaired) electrons. The highest BCUT2D eigenvalue weighted by Crippen LogP contribution is 2.31. The van der Waals surface area contributed by atoms with E-state index in [2.05, 4.69) is 15.6 Å². The van der Waals surface area contributed by atoms with E-state index < -0.39 is 17.6 Å². The quantitative estimate of drug-likeness (QED) is 0.861. The molecule has 0 aliphatic carbocycles. The maximum absolute atomic E-state index is 13.0. The van der Waals surface area contributed by atoms with Gasteiger partial charge in [0.15, 0.2) is 5.69 Å². The Morgan fingerprint density at radius 2 is 2.19 bits per heavy atom. The molecule has 1 aromatic heterocycles. The number of hydrogen-bond acceptors (Lipinski definition) is 4. The molecule has 0 spiro atoms. The van der Waals surface area contributed by atoms with Crippen LogP contribution >= 0.6 is 0 Å². The van der Waals surface area contributed by atoms with E-state index in [1.165, 1.54) is 16.8 Å². The molecule has 2 heterocycles. The molecule has 1 aliphatic rings. The number of rotatable bonds is 5. The normalized spacial score (nSPS) is 17.5. The number of carbonyl (C=O) groups is 1. The number of benzene rings is 1. The monoisotopic (exact) mass is 382 g/mol. The highest BCUT2D eigenvalue weighted by Gasteiger charge is 2.31. The van der Waals surface area contributed by atoms with Crippen molar-refractivity contribution >= 4 is 5.91 Å². The molecule has 1 unspecified atom stereocenters. The molecule has 1 amide bonds. The van der Waals surface area contributed by atoms with E-state index in [4.69, 9.17) is 4.74 Å². The third-order valence-electron chi connectivity index (χ3n) is 4.40.